The van der Waals surface area contributed by atoms with E-state index in [1.807, 2.05) is 48.5 Å². The van der Waals surface area contributed by atoms with Crippen molar-refractivity contribution >= 4 is 28.9 Å². The van der Waals surface area contributed by atoms with Crippen molar-refractivity contribution in [3.63, 3.8) is 0 Å². The first-order valence-corrected chi connectivity index (χ1v) is 8.71. The fourth-order valence-corrected chi connectivity index (χ4v) is 3.27. The Hall–Kier alpha value is -3.15. The molecule has 132 valence electrons. The molecule has 1 saturated heterocycles. The highest BCUT2D eigenvalue weighted by molar-refractivity contribution is 6.43. The number of carbonyl (C=O) groups excluding carboxylic acids is 2. The van der Waals surface area contributed by atoms with Gasteiger partial charge in [0.15, 0.2) is 6.10 Å². The van der Waals surface area contributed by atoms with E-state index in [1.54, 1.807) is 11.0 Å². The summed E-state index contributed by atoms with van der Waals surface area (Å²) in [6.07, 6.45) is 1.55. The Kier molecular flexibility index (Phi) is 4.39. The third kappa shape index (κ3) is 3.18. The fraction of sp³-hybridized carbons (Fsp3) is 0.250. The van der Waals surface area contributed by atoms with E-state index < -0.39 is 0 Å². The lowest BCUT2D eigenvalue weighted by atomic mass is 10.0. The number of rotatable bonds is 4. The number of hydrogen-bond acceptors (Lipinski definition) is 4. The second-order valence-electron chi connectivity index (χ2n) is 6.37. The van der Waals surface area contributed by atoms with E-state index in [0.29, 0.717) is 30.8 Å². The van der Waals surface area contributed by atoms with Gasteiger partial charge < -0.3 is 15.1 Å². The Balaban J connectivity index is 1.47. The first-order valence-electron chi connectivity index (χ1n) is 8.71. The maximum atomic E-state index is 12.6. The van der Waals surface area contributed by atoms with E-state index in [2.05, 4.69) is 10.5 Å². The average Bonchev–Trinajstić information content (AvgIpc) is 3.32. The van der Waals surface area contributed by atoms with Crippen LogP contribution in [0.15, 0.2) is 59.8 Å². The first-order chi connectivity index (χ1) is 12.7. The van der Waals surface area contributed by atoms with Gasteiger partial charge >= 0.3 is 0 Å². The first kappa shape index (κ1) is 16.3. The molecule has 0 radical (unpaired) electrons. The number of nitrogens with one attached hydrogen (secondary N) is 1. The molecule has 2 heterocycles. The van der Waals surface area contributed by atoms with Gasteiger partial charge in [-0.15, -0.1) is 0 Å². The maximum Gasteiger partial charge on any atom is 0.273 e. The van der Waals surface area contributed by atoms with E-state index in [-0.39, 0.29) is 17.9 Å². The van der Waals surface area contributed by atoms with Gasteiger partial charge in [0.1, 0.15) is 5.71 Å². The Labute approximate surface area is 151 Å². The van der Waals surface area contributed by atoms with Gasteiger partial charge in [-0.05, 0) is 24.1 Å². The summed E-state index contributed by atoms with van der Waals surface area (Å²) >= 11 is 0. The van der Waals surface area contributed by atoms with Gasteiger partial charge in [-0.1, -0.05) is 47.6 Å². The summed E-state index contributed by atoms with van der Waals surface area (Å²) in [4.78, 5) is 31.8. The number of oxime groups is 1. The van der Waals surface area contributed by atoms with Crippen LogP contribution in [-0.4, -0.2) is 24.1 Å². The predicted octanol–water partition coefficient (Wildman–Crippen LogP) is 3.27. The molecule has 0 aliphatic carbocycles. The lowest BCUT2D eigenvalue weighted by Gasteiger charge is -2.19. The van der Waals surface area contributed by atoms with Crippen molar-refractivity contribution in [2.45, 2.75) is 25.4 Å². The summed E-state index contributed by atoms with van der Waals surface area (Å²) in [6, 6.07) is 17.0. The molecule has 4 rings (SSSR count). The van der Waals surface area contributed by atoms with Crippen molar-refractivity contribution in [3.05, 3.63) is 60.2 Å². The Morgan fingerprint density at radius 2 is 1.88 bits per heavy atom. The van der Waals surface area contributed by atoms with Crippen LogP contribution < -0.4 is 10.2 Å². The van der Waals surface area contributed by atoms with Crippen molar-refractivity contribution in [1.82, 2.24) is 0 Å². The lowest BCUT2D eigenvalue weighted by molar-refractivity contribution is -0.117. The van der Waals surface area contributed by atoms with E-state index in [9.17, 15) is 9.59 Å². The van der Waals surface area contributed by atoms with Gasteiger partial charge in [-0.25, -0.2) is 0 Å². The smallest absolute Gasteiger partial charge is 0.273 e. The molecule has 0 unspecified atom stereocenters. The van der Waals surface area contributed by atoms with E-state index in [1.165, 1.54) is 0 Å². The van der Waals surface area contributed by atoms with E-state index in [4.69, 9.17) is 4.84 Å². The molecule has 0 aromatic heterocycles. The molecule has 2 aliphatic rings. The molecule has 2 aliphatic heterocycles. The highest BCUT2D eigenvalue weighted by atomic mass is 16.6. The minimum atomic E-state index is -0.303. The van der Waals surface area contributed by atoms with Crippen LogP contribution in [0.4, 0.5) is 11.4 Å². The SMILES string of the molecule is O=C(Nc1ccccc1N1CCCC1=O)C1=NO[C@@H](c2ccccc2)C1. The zero-order valence-corrected chi connectivity index (χ0v) is 14.2. The maximum absolute atomic E-state index is 12.6. The topological polar surface area (TPSA) is 71.0 Å². The molecule has 6 heteroatoms. The second kappa shape index (κ2) is 7.00. The number of para-hydroxylation sites is 2. The zero-order chi connectivity index (χ0) is 17.9. The number of amides is 2. The van der Waals surface area contributed by atoms with Crippen LogP contribution in [-0.2, 0) is 14.4 Å². The molecular formula is C20H19N3O3. The zero-order valence-electron chi connectivity index (χ0n) is 14.2. The van der Waals surface area contributed by atoms with Gasteiger partial charge in [0.05, 0.1) is 11.4 Å². The Bertz CT molecular complexity index is 864. The highest BCUT2D eigenvalue weighted by Gasteiger charge is 2.29. The summed E-state index contributed by atoms with van der Waals surface area (Å²) < 4.78 is 0. The fourth-order valence-electron chi connectivity index (χ4n) is 3.27. The molecule has 2 aromatic carbocycles. The van der Waals surface area contributed by atoms with Crippen LogP contribution in [0, 0.1) is 0 Å². The standard InChI is InChI=1S/C20H19N3O3/c24-19-11-6-12-23(19)17-10-5-4-9-15(17)21-20(25)16-13-18(26-22-16)14-7-2-1-3-8-14/h1-5,7-10,18H,6,11-13H2,(H,21,25)/t18-/m1/s1. The third-order valence-corrected chi connectivity index (χ3v) is 4.62. The molecule has 6 nitrogen and oxygen atoms in total. The molecule has 1 N–H and O–H groups in total. The van der Waals surface area contributed by atoms with Gasteiger partial charge in [-0.2, -0.15) is 0 Å². The summed E-state index contributed by atoms with van der Waals surface area (Å²) in [7, 11) is 0. The van der Waals surface area contributed by atoms with Gasteiger partial charge in [-0.3, -0.25) is 9.59 Å². The Morgan fingerprint density at radius 3 is 2.65 bits per heavy atom. The van der Waals surface area contributed by atoms with Crippen molar-refractivity contribution in [2.24, 2.45) is 5.16 Å². The minimum Gasteiger partial charge on any atom is -0.387 e. The van der Waals surface area contributed by atoms with Crippen molar-refractivity contribution < 1.29 is 14.4 Å². The van der Waals surface area contributed by atoms with Crippen LogP contribution >= 0.6 is 0 Å². The summed E-state index contributed by atoms with van der Waals surface area (Å²) in [6.45, 7) is 0.672. The molecule has 2 amide bonds. The molecule has 0 spiro atoms. The average molecular weight is 349 g/mol. The summed E-state index contributed by atoms with van der Waals surface area (Å²) in [5, 5.41) is 6.83. The van der Waals surface area contributed by atoms with Gasteiger partial charge in [0.2, 0.25) is 5.91 Å². The third-order valence-electron chi connectivity index (χ3n) is 4.62. The number of benzene rings is 2. The van der Waals surface area contributed by atoms with Crippen LogP contribution in [0.1, 0.15) is 30.9 Å². The number of anilines is 2. The van der Waals surface area contributed by atoms with Crippen LogP contribution in [0.25, 0.3) is 0 Å². The Morgan fingerprint density at radius 1 is 1.12 bits per heavy atom. The normalized spacial score (nSPS) is 19.2. The summed E-state index contributed by atoms with van der Waals surface area (Å²) in [5.74, 6) is -0.222. The lowest BCUT2D eigenvalue weighted by Crippen LogP contribution is -2.27. The quantitative estimate of drug-likeness (QED) is 0.921. The molecule has 2 aromatic rings. The highest BCUT2D eigenvalue weighted by Crippen LogP contribution is 2.31. The second-order valence-corrected chi connectivity index (χ2v) is 6.37. The van der Waals surface area contributed by atoms with Crippen molar-refractivity contribution in [3.8, 4) is 0 Å². The van der Waals surface area contributed by atoms with E-state index in [0.717, 1.165) is 17.7 Å². The van der Waals surface area contributed by atoms with Crippen molar-refractivity contribution in [1.29, 1.82) is 0 Å². The predicted molar refractivity (Wildman–Crippen MR) is 99.0 cm³/mol. The van der Waals surface area contributed by atoms with E-state index >= 15 is 0 Å². The molecular weight excluding hydrogens is 330 g/mol. The largest absolute Gasteiger partial charge is 0.387 e. The van der Waals surface area contributed by atoms with Crippen LogP contribution in [0.2, 0.25) is 0 Å². The molecule has 26 heavy (non-hydrogen) atoms. The van der Waals surface area contributed by atoms with Gasteiger partial charge in [0.25, 0.3) is 5.91 Å². The van der Waals surface area contributed by atoms with Crippen molar-refractivity contribution in [2.75, 3.05) is 16.8 Å². The molecule has 0 bridgehead atoms. The van der Waals surface area contributed by atoms with Crippen LogP contribution in [0.3, 0.4) is 0 Å². The molecule has 1 fully saturated rings. The van der Waals surface area contributed by atoms with Crippen LogP contribution in [0.5, 0.6) is 0 Å². The number of nitrogens with zero attached hydrogens (tertiary/aromatic N) is 2. The number of hydrogen-bond donors (Lipinski definition) is 1. The number of carbonyl (C=O) groups is 2. The molecule has 0 saturated carbocycles. The minimum absolute atomic E-state index is 0.0809. The van der Waals surface area contributed by atoms with Gasteiger partial charge in [0, 0.05) is 19.4 Å². The molecule has 1 atom stereocenters. The monoisotopic (exact) mass is 349 g/mol. The summed E-state index contributed by atoms with van der Waals surface area (Å²) in [5.41, 5.74) is 2.67.